The van der Waals surface area contributed by atoms with Crippen molar-refractivity contribution in [3.8, 4) is 0 Å². The maximum atomic E-state index is 11.7. The molecule has 0 bridgehead atoms. The summed E-state index contributed by atoms with van der Waals surface area (Å²) in [6.07, 6.45) is 1.45. The molecule has 0 aliphatic carbocycles. The first kappa shape index (κ1) is 11.5. The molecule has 0 saturated heterocycles. The molecule has 18 heavy (non-hydrogen) atoms. The van der Waals surface area contributed by atoms with E-state index in [0.29, 0.717) is 23.9 Å². The Morgan fingerprint density at radius 2 is 2.06 bits per heavy atom. The number of anilines is 2. The smallest absolute Gasteiger partial charge is 0.252 e. The lowest BCUT2D eigenvalue weighted by atomic mass is 10.4. The number of nitrogens with zero attached hydrogens (tertiary/aromatic N) is 4. The molecule has 0 radical (unpaired) electrons. The fourth-order valence-electron chi connectivity index (χ4n) is 2.03. The maximum absolute atomic E-state index is 11.7. The van der Waals surface area contributed by atoms with E-state index in [9.17, 15) is 4.79 Å². The van der Waals surface area contributed by atoms with Crippen molar-refractivity contribution in [2.45, 2.75) is 6.54 Å². The van der Waals surface area contributed by atoms with Crippen LogP contribution in [0.4, 0.5) is 11.6 Å². The summed E-state index contributed by atoms with van der Waals surface area (Å²) in [5.41, 5.74) is -0.0359. The van der Waals surface area contributed by atoms with E-state index in [2.05, 4.69) is 9.97 Å². The van der Waals surface area contributed by atoms with Crippen LogP contribution >= 0.6 is 23.2 Å². The highest BCUT2D eigenvalue weighted by Gasteiger charge is 2.24. The van der Waals surface area contributed by atoms with Crippen LogP contribution in [-0.4, -0.2) is 21.1 Å². The number of aromatic nitrogens is 3. The lowest BCUT2D eigenvalue weighted by Crippen LogP contribution is -2.17. The third kappa shape index (κ3) is 1.76. The molecule has 0 N–H and O–H groups in total. The standard InChI is InChI=1S/C11H8Cl2N4O/c12-7-6-14-11(13)15-10(7)17-5-4-16-8(17)2-1-3-9(16)18/h1-3,6H,4-5H2. The van der Waals surface area contributed by atoms with Crippen molar-refractivity contribution in [1.29, 1.82) is 0 Å². The second-order valence-electron chi connectivity index (χ2n) is 3.84. The minimum absolute atomic E-state index is 0.0359. The second kappa shape index (κ2) is 4.26. The minimum Gasteiger partial charge on any atom is -0.309 e. The monoisotopic (exact) mass is 282 g/mol. The summed E-state index contributed by atoms with van der Waals surface area (Å²) < 4.78 is 1.67. The van der Waals surface area contributed by atoms with Gasteiger partial charge in [-0.3, -0.25) is 9.36 Å². The Kier molecular flexibility index (Phi) is 2.72. The molecular weight excluding hydrogens is 275 g/mol. The van der Waals surface area contributed by atoms with E-state index in [0.717, 1.165) is 5.82 Å². The molecule has 0 aromatic carbocycles. The zero-order valence-corrected chi connectivity index (χ0v) is 10.7. The van der Waals surface area contributed by atoms with Gasteiger partial charge in [-0.05, 0) is 17.7 Å². The van der Waals surface area contributed by atoms with Gasteiger partial charge in [-0.1, -0.05) is 17.7 Å². The molecule has 92 valence electrons. The molecule has 0 fully saturated rings. The Bertz CT molecular complexity index is 670. The first-order valence-electron chi connectivity index (χ1n) is 5.32. The SMILES string of the molecule is O=c1cccc2n1CCN2c1nc(Cl)ncc1Cl. The van der Waals surface area contributed by atoms with Gasteiger partial charge in [0.2, 0.25) is 5.28 Å². The van der Waals surface area contributed by atoms with E-state index in [1.165, 1.54) is 12.3 Å². The summed E-state index contributed by atoms with van der Waals surface area (Å²) in [5.74, 6) is 1.28. The van der Waals surface area contributed by atoms with E-state index in [-0.39, 0.29) is 10.8 Å². The van der Waals surface area contributed by atoms with Crippen LogP contribution in [-0.2, 0) is 6.54 Å². The first-order chi connectivity index (χ1) is 8.66. The summed E-state index contributed by atoms with van der Waals surface area (Å²) in [4.78, 5) is 21.5. The van der Waals surface area contributed by atoms with E-state index in [4.69, 9.17) is 23.2 Å². The Morgan fingerprint density at radius 3 is 2.89 bits per heavy atom. The molecule has 0 atom stereocenters. The van der Waals surface area contributed by atoms with E-state index < -0.39 is 0 Å². The van der Waals surface area contributed by atoms with Crippen LogP contribution in [0.5, 0.6) is 0 Å². The highest BCUT2D eigenvalue weighted by atomic mass is 35.5. The molecule has 2 aromatic heterocycles. The number of pyridine rings is 1. The lowest BCUT2D eigenvalue weighted by molar-refractivity contribution is 0.766. The fraction of sp³-hybridized carbons (Fsp3) is 0.182. The van der Waals surface area contributed by atoms with Gasteiger partial charge in [0.05, 0.1) is 6.20 Å². The normalized spacial score (nSPS) is 13.8. The maximum Gasteiger partial charge on any atom is 0.252 e. The van der Waals surface area contributed by atoms with Gasteiger partial charge in [-0.15, -0.1) is 0 Å². The van der Waals surface area contributed by atoms with Crippen molar-refractivity contribution < 1.29 is 0 Å². The van der Waals surface area contributed by atoms with Gasteiger partial charge < -0.3 is 4.90 Å². The Morgan fingerprint density at radius 1 is 1.22 bits per heavy atom. The fourth-order valence-corrected chi connectivity index (χ4v) is 2.35. The minimum atomic E-state index is -0.0359. The quantitative estimate of drug-likeness (QED) is 0.752. The Labute approximate surface area is 113 Å². The molecule has 0 amide bonds. The van der Waals surface area contributed by atoms with Crippen molar-refractivity contribution in [3.05, 3.63) is 45.1 Å². The van der Waals surface area contributed by atoms with Gasteiger partial charge in [0.15, 0.2) is 5.82 Å². The van der Waals surface area contributed by atoms with Crippen LogP contribution in [0.1, 0.15) is 0 Å². The largest absolute Gasteiger partial charge is 0.309 e. The number of rotatable bonds is 1. The second-order valence-corrected chi connectivity index (χ2v) is 4.58. The van der Waals surface area contributed by atoms with Gasteiger partial charge in [0.25, 0.3) is 5.56 Å². The van der Waals surface area contributed by atoms with Crippen molar-refractivity contribution in [2.24, 2.45) is 0 Å². The Balaban J connectivity index is 2.14. The summed E-state index contributed by atoms with van der Waals surface area (Å²) in [6, 6.07) is 5.09. The molecule has 0 saturated carbocycles. The zero-order valence-electron chi connectivity index (χ0n) is 9.18. The summed E-state index contributed by atoms with van der Waals surface area (Å²) in [7, 11) is 0. The van der Waals surface area contributed by atoms with Gasteiger partial charge in [-0.25, -0.2) is 4.98 Å². The van der Waals surface area contributed by atoms with Crippen molar-refractivity contribution in [3.63, 3.8) is 0 Å². The van der Waals surface area contributed by atoms with Crippen LogP contribution < -0.4 is 10.5 Å². The van der Waals surface area contributed by atoms with Crippen molar-refractivity contribution >= 4 is 34.8 Å². The van der Waals surface area contributed by atoms with Crippen LogP contribution in [0.3, 0.4) is 0 Å². The zero-order chi connectivity index (χ0) is 12.7. The molecule has 5 nitrogen and oxygen atoms in total. The Hall–Kier alpha value is -1.59. The van der Waals surface area contributed by atoms with Crippen LogP contribution in [0.2, 0.25) is 10.3 Å². The van der Waals surface area contributed by atoms with Crippen molar-refractivity contribution in [2.75, 3.05) is 11.4 Å². The van der Waals surface area contributed by atoms with Gasteiger partial charge in [-0.2, -0.15) is 4.98 Å². The van der Waals surface area contributed by atoms with Gasteiger partial charge in [0.1, 0.15) is 10.8 Å². The van der Waals surface area contributed by atoms with Crippen LogP contribution in [0.25, 0.3) is 0 Å². The lowest BCUT2D eigenvalue weighted by Gasteiger charge is -2.18. The molecule has 0 spiro atoms. The molecular formula is C11H8Cl2N4O. The number of hydrogen-bond donors (Lipinski definition) is 0. The molecule has 1 aliphatic rings. The van der Waals surface area contributed by atoms with E-state index in [1.54, 1.807) is 10.6 Å². The molecule has 3 heterocycles. The van der Waals surface area contributed by atoms with Crippen LogP contribution in [0.15, 0.2) is 29.2 Å². The average Bonchev–Trinajstić information content (AvgIpc) is 2.77. The summed E-state index contributed by atoms with van der Waals surface area (Å²) in [5, 5.41) is 0.537. The average molecular weight is 283 g/mol. The predicted molar refractivity (Wildman–Crippen MR) is 69.8 cm³/mol. The first-order valence-corrected chi connectivity index (χ1v) is 6.08. The third-order valence-corrected chi connectivity index (χ3v) is 3.25. The molecule has 1 aliphatic heterocycles. The van der Waals surface area contributed by atoms with E-state index >= 15 is 0 Å². The topological polar surface area (TPSA) is 51.0 Å². The number of halogens is 2. The highest BCUT2D eigenvalue weighted by molar-refractivity contribution is 6.33. The summed E-state index contributed by atoms with van der Waals surface area (Å²) >= 11 is 11.8. The summed E-state index contributed by atoms with van der Waals surface area (Å²) in [6.45, 7) is 1.24. The third-order valence-electron chi connectivity index (χ3n) is 2.80. The molecule has 2 aromatic rings. The molecule has 3 rings (SSSR count). The number of hydrogen-bond acceptors (Lipinski definition) is 4. The predicted octanol–water partition coefficient (Wildman–Crippen LogP) is 2.10. The van der Waals surface area contributed by atoms with Gasteiger partial charge >= 0.3 is 0 Å². The number of fused-ring (bicyclic) bond motifs is 1. The van der Waals surface area contributed by atoms with Crippen LogP contribution in [0, 0.1) is 0 Å². The van der Waals surface area contributed by atoms with E-state index in [1.807, 2.05) is 11.0 Å². The van der Waals surface area contributed by atoms with Crippen molar-refractivity contribution in [1.82, 2.24) is 14.5 Å². The molecule has 7 heteroatoms. The highest BCUT2D eigenvalue weighted by Crippen LogP contribution is 2.32. The molecule has 0 unspecified atom stereocenters. The van der Waals surface area contributed by atoms with Gasteiger partial charge in [0, 0.05) is 19.2 Å².